The highest BCUT2D eigenvalue weighted by Gasteiger charge is 2.14. The largest absolute Gasteiger partial charge is 0.388 e. The summed E-state index contributed by atoms with van der Waals surface area (Å²) in [6, 6.07) is 0. The number of hydrogen-bond donors (Lipinski definition) is 2. The van der Waals surface area contributed by atoms with Crippen molar-refractivity contribution in [2.75, 3.05) is 0 Å². The van der Waals surface area contributed by atoms with E-state index in [9.17, 15) is 0 Å². The van der Waals surface area contributed by atoms with Crippen LogP contribution in [0, 0.1) is 12.3 Å². The van der Waals surface area contributed by atoms with Crippen LogP contribution < -0.4 is 5.73 Å². The number of thioether (sulfide) groups is 1. The molecule has 0 aliphatic carbocycles. The lowest BCUT2D eigenvalue weighted by Gasteiger charge is -2.12. The summed E-state index contributed by atoms with van der Waals surface area (Å²) in [5.41, 5.74) is 5.39. The number of nitrogens with two attached hydrogens (primary N) is 1. The molecule has 0 aliphatic rings. The lowest BCUT2D eigenvalue weighted by Crippen LogP contribution is -2.17. The van der Waals surface area contributed by atoms with E-state index in [1.54, 1.807) is 11.8 Å². The fourth-order valence-corrected chi connectivity index (χ4v) is 2.26. The molecule has 0 radical (unpaired) electrons. The Kier molecular flexibility index (Phi) is 4.14. The van der Waals surface area contributed by atoms with Gasteiger partial charge in [0.25, 0.3) is 0 Å². The zero-order valence-corrected chi connectivity index (χ0v) is 10.1. The van der Waals surface area contributed by atoms with E-state index in [2.05, 4.69) is 17.1 Å². The lowest BCUT2D eigenvalue weighted by atomic mass is 10.2. The minimum absolute atomic E-state index is 0.230. The fraction of sp³-hybridized carbons (Fsp3) is 0.667. The first-order valence-corrected chi connectivity index (χ1v) is 5.78. The molecule has 3 N–H and O–H groups in total. The van der Waals surface area contributed by atoms with Crippen molar-refractivity contribution in [3.05, 3.63) is 5.82 Å². The molecule has 84 valence electrons. The second kappa shape index (κ2) is 5.16. The number of hydrogen-bond acceptors (Lipinski definition) is 4. The summed E-state index contributed by atoms with van der Waals surface area (Å²) < 4.78 is 1.95. The molecule has 1 unspecified atom stereocenters. The summed E-state index contributed by atoms with van der Waals surface area (Å²) >= 11 is 1.63. The van der Waals surface area contributed by atoms with Crippen LogP contribution in [0.15, 0.2) is 5.16 Å². The maximum Gasteiger partial charge on any atom is 0.191 e. The van der Waals surface area contributed by atoms with Gasteiger partial charge in [-0.25, -0.2) is 0 Å². The summed E-state index contributed by atoms with van der Waals surface area (Å²) in [6.07, 6.45) is 1.57. The maximum atomic E-state index is 7.27. The number of nitrogens with zero attached hydrogens (tertiary/aromatic N) is 3. The molecule has 0 bridgehead atoms. The van der Waals surface area contributed by atoms with Gasteiger partial charge in [-0.3, -0.25) is 5.41 Å². The van der Waals surface area contributed by atoms with Gasteiger partial charge in [0.1, 0.15) is 5.82 Å². The molecule has 0 aliphatic heterocycles. The molecular weight excluding hydrogens is 210 g/mol. The Balaban J connectivity index is 2.66. The first kappa shape index (κ1) is 12.0. The van der Waals surface area contributed by atoms with Crippen LogP contribution >= 0.6 is 11.8 Å². The molecule has 1 atom stereocenters. The minimum Gasteiger partial charge on any atom is -0.388 e. The molecule has 1 rings (SSSR count). The van der Waals surface area contributed by atoms with Crippen molar-refractivity contribution in [1.29, 1.82) is 5.41 Å². The minimum atomic E-state index is 0.230. The molecule has 1 heterocycles. The Bertz CT molecular complexity index is 346. The Morgan fingerprint density at radius 3 is 2.67 bits per heavy atom. The summed E-state index contributed by atoms with van der Waals surface area (Å²) in [5, 5.41) is 16.5. The van der Waals surface area contributed by atoms with Crippen LogP contribution in [-0.2, 0) is 7.05 Å². The topological polar surface area (TPSA) is 80.6 Å². The quantitative estimate of drug-likeness (QED) is 0.451. The average Bonchev–Trinajstić information content (AvgIpc) is 2.48. The molecule has 6 heteroatoms. The van der Waals surface area contributed by atoms with Gasteiger partial charge in [-0.2, -0.15) is 0 Å². The Morgan fingerprint density at radius 2 is 2.27 bits per heavy atom. The third kappa shape index (κ3) is 3.23. The molecular formula is C9H17N5S. The van der Waals surface area contributed by atoms with Gasteiger partial charge in [-0.05, 0) is 13.3 Å². The third-order valence-electron chi connectivity index (χ3n) is 2.23. The van der Waals surface area contributed by atoms with E-state index in [4.69, 9.17) is 11.1 Å². The van der Waals surface area contributed by atoms with Crippen LogP contribution in [0.3, 0.4) is 0 Å². The first-order chi connectivity index (χ1) is 7.04. The maximum absolute atomic E-state index is 7.27. The smallest absolute Gasteiger partial charge is 0.191 e. The van der Waals surface area contributed by atoms with E-state index in [1.807, 2.05) is 18.5 Å². The highest BCUT2D eigenvalue weighted by atomic mass is 32.2. The highest BCUT2D eigenvalue weighted by Crippen LogP contribution is 2.25. The zero-order chi connectivity index (χ0) is 11.4. The normalized spacial score (nSPS) is 12.7. The van der Waals surface area contributed by atoms with Gasteiger partial charge in [-0.1, -0.05) is 18.7 Å². The predicted molar refractivity (Wildman–Crippen MR) is 62.2 cm³/mol. The van der Waals surface area contributed by atoms with E-state index in [0.29, 0.717) is 11.7 Å². The van der Waals surface area contributed by atoms with Crippen LogP contribution in [0.5, 0.6) is 0 Å². The molecule has 0 saturated heterocycles. The van der Waals surface area contributed by atoms with Gasteiger partial charge in [0, 0.05) is 18.7 Å². The van der Waals surface area contributed by atoms with Crippen LogP contribution in [-0.4, -0.2) is 25.9 Å². The van der Waals surface area contributed by atoms with E-state index in [0.717, 1.165) is 17.4 Å². The molecule has 1 aromatic rings. The Labute approximate surface area is 94.0 Å². The van der Waals surface area contributed by atoms with Gasteiger partial charge in [0.2, 0.25) is 0 Å². The van der Waals surface area contributed by atoms with Crippen molar-refractivity contribution < 1.29 is 0 Å². The summed E-state index contributed by atoms with van der Waals surface area (Å²) in [7, 11) is 1.94. The number of amidine groups is 1. The second-order valence-corrected chi connectivity index (χ2v) is 4.73. The Hall–Kier alpha value is -1.04. The predicted octanol–water partition coefficient (Wildman–Crippen LogP) is 1.32. The van der Waals surface area contributed by atoms with Gasteiger partial charge >= 0.3 is 0 Å². The van der Waals surface area contributed by atoms with Crippen molar-refractivity contribution in [2.24, 2.45) is 12.8 Å². The molecule has 1 aromatic heterocycles. The molecule has 0 saturated carbocycles. The number of nitrogens with one attached hydrogen (secondary N) is 1. The van der Waals surface area contributed by atoms with E-state index < -0.39 is 0 Å². The van der Waals surface area contributed by atoms with Crippen LogP contribution in [0.25, 0.3) is 0 Å². The Morgan fingerprint density at radius 1 is 1.60 bits per heavy atom. The van der Waals surface area contributed by atoms with Crippen molar-refractivity contribution in [2.45, 2.75) is 37.1 Å². The van der Waals surface area contributed by atoms with Crippen LogP contribution in [0.4, 0.5) is 0 Å². The molecule has 0 spiro atoms. The monoisotopic (exact) mass is 227 g/mol. The van der Waals surface area contributed by atoms with E-state index >= 15 is 0 Å². The van der Waals surface area contributed by atoms with Crippen LogP contribution in [0.1, 0.15) is 25.6 Å². The standard InChI is InChI=1S/C9H17N5S/c1-4-7(5-8(10)11)15-9-13-12-6(2)14(9)3/h7H,4-5H2,1-3H3,(H3,10,11). The lowest BCUT2D eigenvalue weighted by molar-refractivity contribution is 0.754. The summed E-state index contributed by atoms with van der Waals surface area (Å²) in [5.74, 6) is 1.13. The van der Waals surface area contributed by atoms with Gasteiger partial charge in [-0.15, -0.1) is 10.2 Å². The number of aromatic nitrogens is 3. The van der Waals surface area contributed by atoms with Crippen molar-refractivity contribution in [3.8, 4) is 0 Å². The van der Waals surface area contributed by atoms with Gasteiger partial charge < -0.3 is 10.3 Å². The van der Waals surface area contributed by atoms with Crippen molar-refractivity contribution in [3.63, 3.8) is 0 Å². The summed E-state index contributed by atoms with van der Waals surface area (Å²) in [4.78, 5) is 0. The molecule has 15 heavy (non-hydrogen) atoms. The molecule has 5 nitrogen and oxygen atoms in total. The van der Waals surface area contributed by atoms with Crippen molar-refractivity contribution >= 4 is 17.6 Å². The van der Waals surface area contributed by atoms with Crippen molar-refractivity contribution in [1.82, 2.24) is 14.8 Å². The first-order valence-electron chi connectivity index (χ1n) is 4.90. The second-order valence-electron chi connectivity index (χ2n) is 3.47. The highest BCUT2D eigenvalue weighted by molar-refractivity contribution is 7.99. The fourth-order valence-electron chi connectivity index (χ4n) is 1.15. The average molecular weight is 227 g/mol. The SMILES string of the molecule is CCC(CC(=N)N)Sc1nnc(C)n1C. The molecule has 0 amide bonds. The molecule has 0 fully saturated rings. The van der Waals surface area contributed by atoms with Gasteiger partial charge in [0.15, 0.2) is 5.16 Å². The van der Waals surface area contributed by atoms with Crippen LogP contribution in [0.2, 0.25) is 0 Å². The zero-order valence-electron chi connectivity index (χ0n) is 9.32. The number of aryl methyl sites for hydroxylation is 1. The summed E-state index contributed by atoms with van der Waals surface area (Å²) in [6.45, 7) is 4.01. The molecule has 0 aromatic carbocycles. The van der Waals surface area contributed by atoms with E-state index in [1.165, 1.54) is 0 Å². The van der Waals surface area contributed by atoms with Gasteiger partial charge in [0.05, 0.1) is 5.84 Å². The van der Waals surface area contributed by atoms with E-state index in [-0.39, 0.29) is 5.84 Å². The number of rotatable bonds is 5. The third-order valence-corrected chi connectivity index (χ3v) is 3.63.